The van der Waals surface area contributed by atoms with E-state index in [2.05, 4.69) is 45.9 Å². The number of phenolic OH excluding ortho intramolecular Hbond substituents is 1. The molecule has 0 radical (unpaired) electrons. The van der Waals surface area contributed by atoms with Crippen LogP contribution in [0.5, 0.6) is 5.75 Å². The van der Waals surface area contributed by atoms with E-state index in [1.807, 2.05) is 12.1 Å². The number of para-hydroxylation sites is 1. The van der Waals surface area contributed by atoms with E-state index in [-0.39, 0.29) is 11.3 Å². The Balaban J connectivity index is 2.40. The Morgan fingerprint density at radius 3 is 1.93 bits per heavy atom. The highest BCUT2D eigenvalue weighted by Crippen LogP contribution is 2.21. The summed E-state index contributed by atoms with van der Waals surface area (Å²) in [7, 11) is 0. The van der Waals surface area contributed by atoms with Crippen molar-refractivity contribution in [1.29, 1.82) is 0 Å². The Hall–Kier alpha value is -3.07. The normalized spacial score (nSPS) is 11.1. The Kier molecular flexibility index (Phi) is 7.39. The second-order valence-corrected chi connectivity index (χ2v) is 7.43. The highest BCUT2D eigenvalue weighted by molar-refractivity contribution is 6.11. The molecule has 146 valence electrons. The summed E-state index contributed by atoms with van der Waals surface area (Å²) in [4.78, 5) is 12.5. The second kappa shape index (κ2) is 9.75. The number of carbonyl (C=O) groups is 1. The lowest BCUT2D eigenvalue weighted by Crippen LogP contribution is -2.03. The molecule has 0 unspecified atom stereocenters. The van der Waals surface area contributed by atoms with Gasteiger partial charge in [0.25, 0.3) is 0 Å². The van der Waals surface area contributed by atoms with Gasteiger partial charge in [0.05, 0.1) is 5.56 Å². The number of rotatable bonds is 7. The zero-order valence-electron chi connectivity index (χ0n) is 17.0. The number of aromatic hydroxyl groups is 1. The van der Waals surface area contributed by atoms with Crippen LogP contribution < -0.4 is 0 Å². The molecule has 0 saturated carbocycles. The maximum absolute atomic E-state index is 12.5. The van der Waals surface area contributed by atoms with E-state index < -0.39 is 11.5 Å². The lowest BCUT2D eigenvalue weighted by molar-refractivity contribution is 0.0978. The molecule has 0 saturated heterocycles. The molecule has 0 fully saturated rings. The number of phenols is 1. The number of aliphatic hydroxyl groups is 1. The Bertz CT molecular complexity index is 900. The molecule has 0 aliphatic carbocycles. The number of hydrogen-bond acceptors (Lipinski definition) is 3. The van der Waals surface area contributed by atoms with Crippen LogP contribution in [0, 0.1) is 0 Å². The van der Waals surface area contributed by atoms with Crippen LogP contribution in [0.1, 0.15) is 54.7 Å². The van der Waals surface area contributed by atoms with Crippen molar-refractivity contribution in [2.75, 3.05) is 0 Å². The molecule has 2 rings (SSSR count). The minimum absolute atomic E-state index is 0.0849. The van der Waals surface area contributed by atoms with Crippen molar-refractivity contribution >= 4 is 11.9 Å². The van der Waals surface area contributed by atoms with Crippen LogP contribution in [0.2, 0.25) is 0 Å². The van der Waals surface area contributed by atoms with E-state index in [0.29, 0.717) is 0 Å². The molecule has 0 bridgehead atoms. The van der Waals surface area contributed by atoms with Gasteiger partial charge in [-0.3, -0.25) is 4.79 Å². The molecular weight excluding hydrogens is 348 g/mol. The largest absolute Gasteiger partial charge is 0.507 e. The first-order chi connectivity index (χ1) is 13.3. The molecule has 2 aromatic carbocycles. The summed E-state index contributed by atoms with van der Waals surface area (Å²) >= 11 is 0. The third kappa shape index (κ3) is 6.27. The fourth-order valence-corrected chi connectivity index (χ4v) is 2.78. The minimum Gasteiger partial charge on any atom is -0.507 e. The zero-order valence-corrected chi connectivity index (χ0v) is 17.0. The third-order valence-corrected chi connectivity index (χ3v) is 4.25. The highest BCUT2D eigenvalue weighted by Gasteiger charge is 2.15. The maximum Gasteiger partial charge on any atom is 0.231 e. The first-order valence-corrected chi connectivity index (χ1v) is 9.39. The number of hydrogen-bond donors (Lipinski definition) is 2. The molecule has 0 atom stereocenters. The molecule has 3 heteroatoms. The van der Waals surface area contributed by atoms with Gasteiger partial charge in [0.2, 0.25) is 5.78 Å². The van der Waals surface area contributed by atoms with Crippen LogP contribution in [0.15, 0.2) is 71.5 Å². The molecule has 28 heavy (non-hydrogen) atoms. The van der Waals surface area contributed by atoms with E-state index in [0.717, 1.165) is 29.5 Å². The Labute approximate surface area is 167 Å². The van der Waals surface area contributed by atoms with Gasteiger partial charge in [-0.2, -0.15) is 0 Å². The van der Waals surface area contributed by atoms with Gasteiger partial charge in [-0.15, -0.1) is 0 Å². The van der Waals surface area contributed by atoms with Gasteiger partial charge < -0.3 is 10.2 Å². The molecule has 2 aromatic rings. The fraction of sp³-hybridized carbons (Fsp3) is 0.240. The van der Waals surface area contributed by atoms with Gasteiger partial charge in [-0.05, 0) is 75.4 Å². The van der Waals surface area contributed by atoms with Gasteiger partial charge in [0.1, 0.15) is 5.75 Å². The van der Waals surface area contributed by atoms with Gasteiger partial charge in [-0.25, -0.2) is 0 Å². The van der Waals surface area contributed by atoms with E-state index in [9.17, 15) is 15.0 Å². The number of aliphatic hydroxyl groups excluding tert-OH is 1. The lowest BCUT2D eigenvalue weighted by Gasteiger charge is -2.07. The van der Waals surface area contributed by atoms with Gasteiger partial charge in [-0.1, -0.05) is 53.6 Å². The predicted octanol–water partition coefficient (Wildman–Crippen LogP) is 6.19. The van der Waals surface area contributed by atoms with E-state index in [1.54, 1.807) is 12.1 Å². The summed E-state index contributed by atoms with van der Waals surface area (Å²) < 4.78 is 0. The predicted molar refractivity (Wildman–Crippen MR) is 116 cm³/mol. The van der Waals surface area contributed by atoms with E-state index in [4.69, 9.17) is 0 Å². The molecule has 3 nitrogen and oxygen atoms in total. The number of Topliss-reactive ketones (excluding diaryl/α,β-unsaturated/α-hetero) is 1. The summed E-state index contributed by atoms with van der Waals surface area (Å²) in [5.41, 5.74) is 5.57. The number of benzene rings is 2. The Morgan fingerprint density at radius 2 is 1.43 bits per heavy atom. The van der Waals surface area contributed by atoms with Gasteiger partial charge in [0, 0.05) is 0 Å². The van der Waals surface area contributed by atoms with Crippen LogP contribution in [0.4, 0.5) is 0 Å². The summed E-state index contributed by atoms with van der Waals surface area (Å²) in [6.45, 7) is 8.24. The molecule has 2 N–H and O–H groups in total. The third-order valence-electron chi connectivity index (χ3n) is 4.25. The first-order valence-electron chi connectivity index (χ1n) is 9.39. The number of carbonyl (C=O) groups excluding carboxylic acids is 1. The summed E-state index contributed by atoms with van der Waals surface area (Å²) in [5.74, 6) is -1.14. The molecule has 0 amide bonds. The van der Waals surface area contributed by atoms with Crippen LogP contribution in [0.25, 0.3) is 6.08 Å². The van der Waals surface area contributed by atoms with Crippen LogP contribution in [0.3, 0.4) is 0 Å². The summed E-state index contributed by atoms with van der Waals surface area (Å²) in [5, 5.41) is 20.2. The Morgan fingerprint density at radius 1 is 0.893 bits per heavy atom. The van der Waals surface area contributed by atoms with Crippen molar-refractivity contribution in [3.05, 3.63) is 93.8 Å². The first kappa shape index (κ1) is 21.2. The van der Waals surface area contributed by atoms with Crippen molar-refractivity contribution in [3.8, 4) is 5.75 Å². The van der Waals surface area contributed by atoms with Gasteiger partial charge >= 0.3 is 0 Å². The monoisotopic (exact) mass is 376 g/mol. The maximum atomic E-state index is 12.5. The average molecular weight is 376 g/mol. The molecular formula is C25H28O3. The molecule has 0 heterocycles. The van der Waals surface area contributed by atoms with Crippen molar-refractivity contribution in [3.63, 3.8) is 0 Å². The molecule has 0 aliphatic rings. The minimum atomic E-state index is -0.598. The smallest absolute Gasteiger partial charge is 0.231 e. The van der Waals surface area contributed by atoms with Crippen LogP contribution in [-0.4, -0.2) is 16.0 Å². The molecule has 0 aliphatic heterocycles. The summed E-state index contributed by atoms with van der Waals surface area (Å²) in [6.07, 6.45) is 7.36. The van der Waals surface area contributed by atoms with Crippen molar-refractivity contribution in [2.45, 2.75) is 40.5 Å². The average Bonchev–Trinajstić information content (AvgIpc) is 2.64. The van der Waals surface area contributed by atoms with Crippen LogP contribution in [-0.2, 0) is 12.8 Å². The topological polar surface area (TPSA) is 57.5 Å². The standard InChI is InChI=1S/C25H28O3/c1-17(2)9-11-19-13-20(12-10-18(3)4)15-21(14-19)16-24(27)25(28)22-7-5-6-8-23(22)26/h5-10,13-16,26-27H,11-12H2,1-4H3. The van der Waals surface area contributed by atoms with E-state index >= 15 is 0 Å². The number of allylic oxidation sites excluding steroid dienone is 5. The van der Waals surface area contributed by atoms with Gasteiger partial charge in [0.15, 0.2) is 5.76 Å². The fourth-order valence-electron chi connectivity index (χ4n) is 2.78. The second-order valence-electron chi connectivity index (χ2n) is 7.43. The molecule has 0 aromatic heterocycles. The van der Waals surface area contributed by atoms with E-state index in [1.165, 1.54) is 29.4 Å². The van der Waals surface area contributed by atoms with Crippen molar-refractivity contribution in [1.82, 2.24) is 0 Å². The van der Waals surface area contributed by atoms with Crippen molar-refractivity contribution in [2.24, 2.45) is 0 Å². The molecule has 0 spiro atoms. The number of ketones is 1. The summed E-state index contributed by atoms with van der Waals surface area (Å²) in [6, 6.07) is 12.3. The van der Waals surface area contributed by atoms with Crippen LogP contribution >= 0.6 is 0 Å². The SMILES string of the molecule is CC(C)=CCc1cc(C=C(O)C(=O)c2ccccc2O)cc(CC=C(C)C)c1. The highest BCUT2D eigenvalue weighted by atomic mass is 16.3. The lowest BCUT2D eigenvalue weighted by atomic mass is 9.99. The zero-order chi connectivity index (χ0) is 20.7. The quantitative estimate of drug-likeness (QED) is 0.262. The van der Waals surface area contributed by atoms with Crippen molar-refractivity contribution < 1.29 is 15.0 Å².